The van der Waals surface area contributed by atoms with E-state index in [1.807, 2.05) is 36.4 Å². The lowest BCUT2D eigenvalue weighted by atomic mass is 10.1. The van der Waals surface area contributed by atoms with E-state index in [1.165, 1.54) is 24.6 Å². The number of carbonyl (C=O) groups excluding carboxylic acids is 2. The van der Waals surface area contributed by atoms with Crippen LogP contribution in [0.2, 0.25) is 0 Å². The summed E-state index contributed by atoms with van der Waals surface area (Å²) in [4.78, 5) is 39.1. The van der Waals surface area contributed by atoms with Gasteiger partial charge in [0.05, 0.1) is 22.9 Å². The molecular weight excluding hydrogens is 632 g/mol. The van der Waals surface area contributed by atoms with Gasteiger partial charge in [0, 0.05) is 23.5 Å². The van der Waals surface area contributed by atoms with Gasteiger partial charge < -0.3 is 16.6 Å². The van der Waals surface area contributed by atoms with Crippen molar-refractivity contribution in [3.63, 3.8) is 0 Å². The fourth-order valence-corrected chi connectivity index (χ4v) is 5.66. The van der Waals surface area contributed by atoms with Gasteiger partial charge >= 0.3 is 0 Å². The summed E-state index contributed by atoms with van der Waals surface area (Å²) in [7, 11) is 1.50. The number of aromatic hydroxyl groups is 1. The van der Waals surface area contributed by atoms with Crippen molar-refractivity contribution < 1.29 is 23.5 Å². The van der Waals surface area contributed by atoms with Crippen LogP contribution in [0.25, 0.3) is 45.1 Å². The first-order valence-electron chi connectivity index (χ1n) is 15.1. The molecule has 49 heavy (non-hydrogen) atoms. The van der Waals surface area contributed by atoms with E-state index in [-0.39, 0.29) is 12.6 Å². The molecule has 0 spiro atoms. The van der Waals surface area contributed by atoms with Gasteiger partial charge in [-0.05, 0) is 92.0 Å². The van der Waals surface area contributed by atoms with Crippen molar-refractivity contribution in [2.75, 3.05) is 12.8 Å². The number of imidazole rings is 1. The molecular formula is C35H29F2N9O3. The van der Waals surface area contributed by atoms with Crippen LogP contribution >= 0.6 is 0 Å². The molecule has 0 saturated carbocycles. The summed E-state index contributed by atoms with van der Waals surface area (Å²) in [6.07, 6.45) is 8.84. The number of hydrogen-bond donors (Lipinski definition) is 3. The number of anilines is 1. The first-order chi connectivity index (χ1) is 23.9. The minimum absolute atomic E-state index is 0.0604. The van der Waals surface area contributed by atoms with Crippen LogP contribution in [0.3, 0.4) is 0 Å². The lowest BCUT2D eigenvalue weighted by Crippen LogP contribution is -2.05. The van der Waals surface area contributed by atoms with E-state index in [0.29, 0.717) is 17.5 Å². The zero-order chi connectivity index (χ0) is 34.7. The monoisotopic (exact) mass is 661 g/mol. The average molecular weight is 662 g/mol. The number of phenolic OH excluding ortho intramolecular Hbond substituents is 1. The van der Waals surface area contributed by atoms with E-state index in [0.717, 1.165) is 52.4 Å². The lowest BCUT2D eigenvalue weighted by molar-refractivity contribution is 0.111. The molecule has 0 aliphatic heterocycles. The molecule has 0 saturated heterocycles. The third-order valence-corrected chi connectivity index (χ3v) is 7.95. The Labute approximate surface area is 277 Å². The second-order valence-corrected chi connectivity index (χ2v) is 10.8. The van der Waals surface area contributed by atoms with Crippen LogP contribution in [0.4, 0.5) is 14.6 Å². The lowest BCUT2D eigenvalue weighted by Gasteiger charge is -2.12. The van der Waals surface area contributed by atoms with Crippen LogP contribution in [0.5, 0.6) is 5.75 Å². The smallest absolute Gasteiger partial charge is 0.201 e. The highest BCUT2D eigenvalue weighted by molar-refractivity contribution is 5.86. The van der Waals surface area contributed by atoms with Crippen LogP contribution in [-0.4, -0.2) is 59.0 Å². The van der Waals surface area contributed by atoms with Crippen molar-refractivity contribution in [3.05, 3.63) is 113 Å². The van der Waals surface area contributed by atoms with E-state index in [9.17, 15) is 18.4 Å². The number of hydrogen-bond acceptors (Lipinski definition) is 10. The number of rotatable bonds is 5. The normalized spacial score (nSPS) is 11.8. The third-order valence-electron chi connectivity index (χ3n) is 7.95. The van der Waals surface area contributed by atoms with E-state index >= 15 is 0 Å². The fourth-order valence-electron chi connectivity index (χ4n) is 5.66. The van der Waals surface area contributed by atoms with Gasteiger partial charge in [-0.3, -0.25) is 14.2 Å². The Balaban J connectivity index is 0.000000235. The average Bonchev–Trinajstić information content (AvgIpc) is 3.88. The first kappa shape index (κ1) is 32.5. The zero-order valence-corrected chi connectivity index (χ0v) is 26.1. The minimum atomic E-state index is -1.59. The summed E-state index contributed by atoms with van der Waals surface area (Å²) in [5, 5.41) is 14.3. The Morgan fingerprint density at radius 2 is 1.59 bits per heavy atom. The summed E-state index contributed by atoms with van der Waals surface area (Å²) < 4.78 is 29.2. The molecule has 5 N–H and O–H groups in total. The number of carbonyl (C=O) groups is 2. The number of fused-ring (bicyclic) bond motifs is 3. The second-order valence-electron chi connectivity index (χ2n) is 10.8. The Bertz CT molecular complexity index is 2320. The molecule has 1 aliphatic carbocycles. The number of pyridine rings is 3. The Hall–Kier alpha value is -6.41. The van der Waals surface area contributed by atoms with Crippen molar-refractivity contribution >= 4 is 40.6 Å². The Morgan fingerprint density at radius 1 is 0.837 bits per heavy atom. The first-order valence-corrected chi connectivity index (χ1v) is 15.1. The number of nitrogen functional groups attached to an aromatic ring is 1. The molecule has 0 atom stereocenters. The van der Waals surface area contributed by atoms with Crippen LogP contribution in [0, 0.1) is 11.6 Å². The van der Waals surface area contributed by atoms with Crippen molar-refractivity contribution in [2.24, 2.45) is 5.73 Å². The number of aldehydes is 2. The summed E-state index contributed by atoms with van der Waals surface area (Å²) in [5.41, 5.74) is 16.5. The van der Waals surface area contributed by atoms with E-state index in [2.05, 4.69) is 43.6 Å². The maximum atomic E-state index is 12.7. The molecule has 0 radical (unpaired) electrons. The van der Waals surface area contributed by atoms with Crippen LogP contribution in [-0.2, 0) is 12.8 Å². The number of phenols is 1. The topological polar surface area (TPSA) is 181 Å². The zero-order valence-electron chi connectivity index (χ0n) is 26.1. The van der Waals surface area contributed by atoms with E-state index < -0.39 is 28.5 Å². The molecule has 12 nitrogen and oxygen atoms in total. The number of benzene rings is 2. The van der Waals surface area contributed by atoms with Crippen molar-refractivity contribution in [3.8, 4) is 28.6 Å². The van der Waals surface area contributed by atoms with Gasteiger partial charge in [-0.25, -0.2) is 24.3 Å². The van der Waals surface area contributed by atoms with Crippen LogP contribution < -0.4 is 11.5 Å². The Kier molecular flexibility index (Phi) is 9.13. The molecule has 5 aromatic heterocycles. The SMILES string of the molecule is CN.Nc1ncccc1-c1nc2ccc(-n3ncc4cccnc43)nc2n1-c1ccc2c(c1)CCC2.O=Cc1cc(C=O)c(F)c(F)c1O. The standard InChI is InChI=1S/C26H20N8.C8H4F2O3.CH5N/c27-23-20(7-3-12-28-23)25-31-21-10-11-22(34-24-18(15-30-34)6-2-13-29-24)32-26(21)33(25)19-9-8-16-4-1-5-17(16)14-19;9-6-4(2-11)1-5(3-12)8(13)7(6)10;1-2/h2-3,6-15H,1,4-5H2,(H2,27,28);1-3,13H;2H2,1H3. The fraction of sp³-hybridized carbons (Fsp3) is 0.114. The van der Waals surface area contributed by atoms with Gasteiger partial charge in [0.15, 0.2) is 47.1 Å². The van der Waals surface area contributed by atoms with Gasteiger partial charge in [0.25, 0.3) is 0 Å². The summed E-state index contributed by atoms with van der Waals surface area (Å²) in [6, 6.07) is 19.0. The molecule has 5 heterocycles. The van der Waals surface area contributed by atoms with E-state index in [4.69, 9.17) is 20.8 Å². The maximum Gasteiger partial charge on any atom is 0.201 e. The highest BCUT2D eigenvalue weighted by atomic mass is 19.2. The molecule has 7 aromatic rings. The number of aryl methyl sites for hydroxylation is 2. The summed E-state index contributed by atoms with van der Waals surface area (Å²) in [6.45, 7) is 0. The van der Waals surface area contributed by atoms with Gasteiger partial charge in [-0.2, -0.15) is 14.2 Å². The maximum absolute atomic E-state index is 12.7. The van der Waals surface area contributed by atoms with E-state index in [1.54, 1.807) is 23.3 Å². The predicted octanol–water partition coefficient (Wildman–Crippen LogP) is 5.16. The van der Waals surface area contributed by atoms with Gasteiger partial charge in [-0.1, -0.05) is 6.07 Å². The van der Waals surface area contributed by atoms with Crippen molar-refractivity contribution in [1.29, 1.82) is 0 Å². The highest BCUT2D eigenvalue weighted by Crippen LogP contribution is 2.33. The predicted molar refractivity (Wildman–Crippen MR) is 180 cm³/mol. The second kappa shape index (κ2) is 13.8. The molecule has 0 fully saturated rings. The number of halogens is 2. The Morgan fingerprint density at radius 3 is 2.37 bits per heavy atom. The molecule has 0 bridgehead atoms. The van der Waals surface area contributed by atoms with Crippen molar-refractivity contribution in [2.45, 2.75) is 19.3 Å². The molecule has 246 valence electrons. The number of aromatic nitrogens is 7. The largest absolute Gasteiger partial charge is 0.504 e. The van der Waals surface area contributed by atoms with Gasteiger partial charge in [0.1, 0.15) is 11.3 Å². The summed E-state index contributed by atoms with van der Waals surface area (Å²) in [5.74, 6) is -2.31. The minimum Gasteiger partial charge on any atom is -0.504 e. The van der Waals surface area contributed by atoms with Crippen LogP contribution in [0.1, 0.15) is 38.3 Å². The third kappa shape index (κ3) is 5.96. The highest BCUT2D eigenvalue weighted by Gasteiger charge is 2.21. The van der Waals surface area contributed by atoms with Crippen molar-refractivity contribution in [1.82, 2.24) is 34.3 Å². The number of nitrogens with two attached hydrogens (primary N) is 2. The summed E-state index contributed by atoms with van der Waals surface area (Å²) >= 11 is 0. The molecule has 1 aliphatic rings. The molecule has 0 amide bonds. The molecule has 8 rings (SSSR count). The molecule has 14 heteroatoms. The van der Waals surface area contributed by atoms with Crippen LogP contribution in [0.15, 0.2) is 79.3 Å². The van der Waals surface area contributed by atoms with Gasteiger partial charge in [-0.15, -0.1) is 0 Å². The molecule has 2 aromatic carbocycles. The number of nitrogens with zero attached hydrogens (tertiary/aromatic N) is 7. The quantitative estimate of drug-likeness (QED) is 0.209. The van der Waals surface area contributed by atoms with Gasteiger partial charge in [0.2, 0.25) is 5.82 Å². The molecule has 0 unspecified atom stereocenters.